The van der Waals surface area contributed by atoms with Crippen LogP contribution >= 0.6 is 0 Å². The number of esters is 1. The van der Waals surface area contributed by atoms with E-state index in [2.05, 4.69) is 5.10 Å². The van der Waals surface area contributed by atoms with Gasteiger partial charge in [-0.1, -0.05) is 25.1 Å². The third-order valence-corrected chi connectivity index (χ3v) is 3.33. The topological polar surface area (TPSA) is 64.4 Å². The molecule has 1 aromatic heterocycles. The second-order valence-corrected chi connectivity index (χ2v) is 4.75. The van der Waals surface area contributed by atoms with E-state index >= 15 is 0 Å². The molecule has 0 bridgehead atoms. The number of methoxy groups -OCH3 is 1. The molecule has 6 heteroatoms. The fourth-order valence-electron chi connectivity index (χ4n) is 2.29. The Morgan fingerprint density at radius 1 is 1.27 bits per heavy atom. The maximum atomic E-state index is 12.7. The van der Waals surface area contributed by atoms with Gasteiger partial charge in [0.05, 0.1) is 7.11 Å². The Balaban J connectivity index is 2.32. The minimum Gasteiger partial charge on any atom is -0.467 e. The molecule has 0 radical (unpaired) electrons. The van der Waals surface area contributed by atoms with E-state index < -0.39 is 12.0 Å². The molecule has 1 heterocycles. The number of nitrogens with zero attached hydrogens (tertiary/aromatic N) is 3. The molecular formula is C16H19N3O3. The number of para-hydroxylation sites is 1. The zero-order chi connectivity index (χ0) is 15.9. The van der Waals surface area contributed by atoms with Gasteiger partial charge in [0.2, 0.25) is 5.91 Å². The first kappa shape index (κ1) is 15.8. The number of benzene rings is 1. The minimum absolute atomic E-state index is 0.0649. The second kappa shape index (κ2) is 7.40. The van der Waals surface area contributed by atoms with Gasteiger partial charge in [0.1, 0.15) is 12.6 Å². The minimum atomic E-state index is -0.657. The fraction of sp³-hybridized carbons (Fsp3) is 0.312. The van der Waals surface area contributed by atoms with Crippen LogP contribution in [0.3, 0.4) is 0 Å². The van der Waals surface area contributed by atoms with Gasteiger partial charge in [0, 0.05) is 18.1 Å². The van der Waals surface area contributed by atoms with Crippen molar-refractivity contribution < 1.29 is 14.3 Å². The Kier molecular flexibility index (Phi) is 5.30. The van der Waals surface area contributed by atoms with Crippen LogP contribution in [-0.2, 0) is 20.9 Å². The van der Waals surface area contributed by atoms with Crippen molar-refractivity contribution >= 4 is 17.6 Å². The average molecular weight is 301 g/mol. The largest absolute Gasteiger partial charge is 0.467 e. The predicted octanol–water partition coefficient (Wildman–Crippen LogP) is 1.87. The van der Waals surface area contributed by atoms with Crippen molar-refractivity contribution in [2.75, 3.05) is 12.0 Å². The van der Waals surface area contributed by atoms with E-state index in [0.29, 0.717) is 12.1 Å². The van der Waals surface area contributed by atoms with E-state index in [1.807, 2.05) is 25.1 Å². The Bertz CT molecular complexity index is 611. The highest BCUT2D eigenvalue weighted by Crippen LogP contribution is 2.20. The second-order valence-electron chi connectivity index (χ2n) is 4.75. The molecule has 0 fully saturated rings. The first-order valence-corrected chi connectivity index (χ1v) is 7.09. The normalized spacial score (nSPS) is 11.7. The molecule has 6 nitrogen and oxygen atoms in total. The van der Waals surface area contributed by atoms with E-state index in [9.17, 15) is 9.59 Å². The number of carbonyl (C=O) groups is 2. The van der Waals surface area contributed by atoms with Crippen LogP contribution < -0.4 is 4.90 Å². The van der Waals surface area contributed by atoms with E-state index in [-0.39, 0.29) is 12.5 Å². The molecule has 0 spiro atoms. The number of rotatable bonds is 6. The number of hydrogen-bond donors (Lipinski definition) is 0. The van der Waals surface area contributed by atoms with Crippen LogP contribution in [0.4, 0.5) is 5.69 Å². The van der Waals surface area contributed by atoms with Crippen molar-refractivity contribution in [3.05, 3.63) is 48.8 Å². The van der Waals surface area contributed by atoms with Crippen LogP contribution in [0.15, 0.2) is 48.8 Å². The zero-order valence-corrected chi connectivity index (χ0v) is 12.7. The van der Waals surface area contributed by atoms with E-state index in [0.717, 1.165) is 0 Å². The van der Waals surface area contributed by atoms with Crippen molar-refractivity contribution in [1.29, 1.82) is 0 Å². The van der Waals surface area contributed by atoms with Crippen LogP contribution in [0.25, 0.3) is 0 Å². The number of anilines is 1. The molecule has 0 N–H and O–H groups in total. The van der Waals surface area contributed by atoms with E-state index in [1.165, 1.54) is 16.7 Å². The van der Waals surface area contributed by atoms with Gasteiger partial charge < -0.3 is 4.74 Å². The molecule has 2 rings (SSSR count). The highest BCUT2D eigenvalue weighted by Gasteiger charge is 2.30. The summed E-state index contributed by atoms with van der Waals surface area (Å²) in [5.74, 6) is -0.646. The Labute approximate surface area is 129 Å². The van der Waals surface area contributed by atoms with Crippen molar-refractivity contribution in [3.8, 4) is 0 Å². The highest BCUT2D eigenvalue weighted by atomic mass is 16.5. The number of hydrogen-bond acceptors (Lipinski definition) is 4. The van der Waals surface area contributed by atoms with Gasteiger partial charge in [-0.25, -0.2) is 4.79 Å². The number of aromatic nitrogens is 2. The van der Waals surface area contributed by atoms with Crippen molar-refractivity contribution in [3.63, 3.8) is 0 Å². The van der Waals surface area contributed by atoms with Gasteiger partial charge in [-0.3, -0.25) is 14.4 Å². The quantitative estimate of drug-likeness (QED) is 0.764. The summed E-state index contributed by atoms with van der Waals surface area (Å²) in [7, 11) is 1.33. The molecule has 0 aliphatic carbocycles. The first-order chi connectivity index (χ1) is 10.7. The number of ether oxygens (including phenoxy) is 1. The van der Waals surface area contributed by atoms with E-state index in [1.54, 1.807) is 30.6 Å². The SMILES string of the molecule is CC[C@@H](C(=O)OC)N(C(=O)Cn1cccn1)c1ccccc1. The standard InChI is InChI=1S/C16H19N3O3/c1-3-14(16(21)22-2)19(13-8-5-4-6-9-13)15(20)12-18-11-7-10-17-18/h4-11,14H,3,12H2,1-2H3/t14-/m0/s1. The van der Waals surface area contributed by atoms with Crippen molar-refractivity contribution in [2.45, 2.75) is 25.9 Å². The lowest BCUT2D eigenvalue weighted by Gasteiger charge is -2.29. The summed E-state index contributed by atoms with van der Waals surface area (Å²) in [6.45, 7) is 1.91. The molecule has 1 atom stereocenters. The lowest BCUT2D eigenvalue weighted by atomic mass is 10.1. The molecule has 116 valence electrons. The molecule has 1 amide bonds. The fourth-order valence-corrected chi connectivity index (χ4v) is 2.29. The lowest BCUT2D eigenvalue weighted by molar-refractivity contribution is -0.143. The maximum Gasteiger partial charge on any atom is 0.328 e. The molecule has 1 aromatic carbocycles. The molecule has 2 aromatic rings. The summed E-state index contributed by atoms with van der Waals surface area (Å²) >= 11 is 0. The van der Waals surface area contributed by atoms with Gasteiger partial charge in [-0.2, -0.15) is 5.10 Å². The monoisotopic (exact) mass is 301 g/mol. The van der Waals surface area contributed by atoms with Crippen molar-refractivity contribution in [1.82, 2.24) is 9.78 Å². The van der Waals surface area contributed by atoms with Crippen LogP contribution in [0.1, 0.15) is 13.3 Å². The Morgan fingerprint density at radius 2 is 2.00 bits per heavy atom. The molecule has 0 aliphatic heterocycles. The Hall–Kier alpha value is -2.63. The van der Waals surface area contributed by atoms with Gasteiger partial charge in [-0.15, -0.1) is 0 Å². The maximum absolute atomic E-state index is 12.7. The molecular weight excluding hydrogens is 282 g/mol. The zero-order valence-electron chi connectivity index (χ0n) is 12.7. The molecule has 22 heavy (non-hydrogen) atoms. The molecule has 0 saturated carbocycles. The first-order valence-electron chi connectivity index (χ1n) is 7.09. The third-order valence-electron chi connectivity index (χ3n) is 3.33. The summed E-state index contributed by atoms with van der Waals surface area (Å²) in [5, 5.41) is 4.04. The van der Waals surface area contributed by atoms with Crippen LogP contribution in [0, 0.1) is 0 Å². The summed E-state index contributed by atoms with van der Waals surface area (Å²) in [5.41, 5.74) is 0.664. The van der Waals surface area contributed by atoms with Crippen LogP contribution in [0.2, 0.25) is 0 Å². The predicted molar refractivity (Wildman–Crippen MR) is 82.3 cm³/mol. The van der Waals surface area contributed by atoms with Gasteiger partial charge in [-0.05, 0) is 24.6 Å². The smallest absolute Gasteiger partial charge is 0.328 e. The molecule has 0 saturated heterocycles. The average Bonchev–Trinajstić information content (AvgIpc) is 3.05. The summed E-state index contributed by atoms with van der Waals surface area (Å²) in [4.78, 5) is 26.2. The number of amides is 1. The Morgan fingerprint density at radius 3 is 2.55 bits per heavy atom. The van der Waals surface area contributed by atoms with Crippen LogP contribution in [-0.4, -0.2) is 34.8 Å². The molecule has 0 unspecified atom stereocenters. The lowest BCUT2D eigenvalue weighted by Crippen LogP contribution is -2.47. The third kappa shape index (κ3) is 3.52. The highest BCUT2D eigenvalue weighted by molar-refractivity contribution is 5.99. The van der Waals surface area contributed by atoms with Crippen molar-refractivity contribution in [2.24, 2.45) is 0 Å². The van der Waals surface area contributed by atoms with E-state index in [4.69, 9.17) is 4.74 Å². The summed E-state index contributed by atoms with van der Waals surface area (Å²) < 4.78 is 6.37. The summed E-state index contributed by atoms with van der Waals surface area (Å²) in [6.07, 6.45) is 3.78. The van der Waals surface area contributed by atoms with Gasteiger partial charge in [0.25, 0.3) is 0 Å². The number of carbonyl (C=O) groups excluding carboxylic acids is 2. The molecule has 0 aliphatic rings. The van der Waals surface area contributed by atoms with Crippen LogP contribution in [0.5, 0.6) is 0 Å². The van der Waals surface area contributed by atoms with Gasteiger partial charge >= 0.3 is 5.97 Å². The summed E-state index contributed by atoms with van der Waals surface area (Å²) in [6, 6.07) is 10.2. The van der Waals surface area contributed by atoms with Gasteiger partial charge in [0.15, 0.2) is 0 Å².